The summed E-state index contributed by atoms with van der Waals surface area (Å²) in [5, 5.41) is 23.8. The Morgan fingerprint density at radius 3 is 2.79 bits per heavy atom. The zero-order valence-corrected chi connectivity index (χ0v) is 14.6. The van der Waals surface area contributed by atoms with Crippen LogP contribution in [-0.2, 0) is 4.74 Å². The zero-order valence-electron chi connectivity index (χ0n) is 13.8. The highest BCUT2D eigenvalue weighted by Crippen LogP contribution is 2.40. The van der Waals surface area contributed by atoms with Crippen LogP contribution in [0.5, 0.6) is 5.75 Å². The van der Waals surface area contributed by atoms with E-state index in [1.165, 1.54) is 0 Å². The smallest absolute Gasteiger partial charge is 0.169 e. The molecule has 2 aliphatic rings. The molecule has 2 aliphatic heterocycles. The Balaban J connectivity index is 1.90. The number of hydrogen-bond acceptors (Lipinski definition) is 5. The van der Waals surface area contributed by atoms with E-state index in [4.69, 9.17) is 27.0 Å². The van der Waals surface area contributed by atoms with E-state index < -0.39 is 17.7 Å². The predicted octanol–water partition coefficient (Wildman–Crippen LogP) is 1.34. The first-order valence-corrected chi connectivity index (χ1v) is 8.37. The van der Waals surface area contributed by atoms with Crippen LogP contribution in [0.1, 0.15) is 31.0 Å². The van der Waals surface area contributed by atoms with Crippen molar-refractivity contribution in [3.8, 4) is 11.8 Å². The van der Waals surface area contributed by atoms with Gasteiger partial charge >= 0.3 is 0 Å². The molecule has 0 aliphatic carbocycles. The van der Waals surface area contributed by atoms with Gasteiger partial charge in [-0.1, -0.05) is 0 Å². The fourth-order valence-corrected chi connectivity index (χ4v) is 3.33. The summed E-state index contributed by atoms with van der Waals surface area (Å²) in [5.41, 5.74) is 0.504. The van der Waals surface area contributed by atoms with Gasteiger partial charge in [0.1, 0.15) is 17.5 Å². The standard InChI is InChI=1S/C17H21N3O3S/c1-17(2)15(21)14(19-16(24)20-5-7-22-8-6-20)12-9-11(10-18)3-4-13(12)23-17/h3-4,9,14-15,21H,5-8H2,1-2H3,(H,19,24). The molecule has 2 heterocycles. The molecule has 128 valence electrons. The van der Waals surface area contributed by atoms with E-state index in [0.29, 0.717) is 29.6 Å². The highest BCUT2D eigenvalue weighted by atomic mass is 32.1. The molecule has 1 saturated heterocycles. The van der Waals surface area contributed by atoms with Crippen LogP contribution in [0, 0.1) is 11.3 Å². The molecule has 7 heteroatoms. The number of nitrogens with zero attached hydrogens (tertiary/aromatic N) is 2. The van der Waals surface area contributed by atoms with Crippen LogP contribution in [0.15, 0.2) is 18.2 Å². The Labute approximate surface area is 147 Å². The quantitative estimate of drug-likeness (QED) is 0.742. The molecule has 2 unspecified atom stereocenters. The molecular weight excluding hydrogens is 326 g/mol. The second kappa shape index (κ2) is 6.55. The number of benzene rings is 1. The highest BCUT2D eigenvalue weighted by molar-refractivity contribution is 7.80. The van der Waals surface area contributed by atoms with Gasteiger partial charge in [0.25, 0.3) is 0 Å². The average Bonchev–Trinajstić information content (AvgIpc) is 2.59. The number of hydrogen-bond donors (Lipinski definition) is 2. The van der Waals surface area contributed by atoms with Gasteiger partial charge in [0, 0.05) is 18.7 Å². The van der Waals surface area contributed by atoms with Crippen LogP contribution < -0.4 is 10.1 Å². The van der Waals surface area contributed by atoms with Gasteiger partial charge in [0.05, 0.1) is 30.9 Å². The molecule has 0 saturated carbocycles. The van der Waals surface area contributed by atoms with Crippen LogP contribution in [0.2, 0.25) is 0 Å². The molecule has 1 aromatic rings. The van der Waals surface area contributed by atoms with Crippen molar-refractivity contribution < 1.29 is 14.6 Å². The first-order chi connectivity index (χ1) is 11.4. The highest BCUT2D eigenvalue weighted by Gasteiger charge is 2.43. The van der Waals surface area contributed by atoms with Crippen molar-refractivity contribution in [1.82, 2.24) is 10.2 Å². The number of fused-ring (bicyclic) bond motifs is 1. The third kappa shape index (κ3) is 3.18. The number of morpholine rings is 1. The maximum Gasteiger partial charge on any atom is 0.169 e. The van der Waals surface area contributed by atoms with E-state index in [1.807, 2.05) is 18.7 Å². The number of nitriles is 1. The van der Waals surface area contributed by atoms with Gasteiger partial charge in [-0.05, 0) is 44.3 Å². The third-order valence-electron chi connectivity index (χ3n) is 4.45. The summed E-state index contributed by atoms with van der Waals surface area (Å²) in [6.07, 6.45) is -0.807. The minimum atomic E-state index is -0.807. The van der Waals surface area contributed by atoms with Crippen LogP contribution in [-0.4, -0.2) is 53.1 Å². The molecule has 0 aromatic heterocycles. The Bertz CT molecular complexity index is 680. The van der Waals surface area contributed by atoms with Crippen LogP contribution >= 0.6 is 12.2 Å². The van der Waals surface area contributed by atoms with E-state index in [2.05, 4.69) is 11.4 Å². The lowest BCUT2D eigenvalue weighted by molar-refractivity contribution is -0.0616. The third-order valence-corrected chi connectivity index (χ3v) is 4.83. The summed E-state index contributed by atoms with van der Waals surface area (Å²) in [5.74, 6) is 0.659. The van der Waals surface area contributed by atoms with Crippen molar-refractivity contribution in [2.45, 2.75) is 31.6 Å². The normalized spacial score (nSPS) is 25.2. The fraction of sp³-hybridized carbons (Fsp3) is 0.529. The van der Waals surface area contributed by atoms with Gasteiger partial charge in [0.2, 0.25) is 0 Å². The second-order valence-electron chi connectivity index (χ2n) is 6.54. The van der Waals surface area contributed by atoms with Crippen LogP contribution in [0.25, 0.3) is 0 Å². The number of rotatable bonds is 1. The Morgan fingerprint density at radius 1 is 1.42 bits per heavy atom. The first kappa shape index (κ1) is 17.0. The average molecular weight is 347 g/mol. The maximum absolute atomic E-state index is 10.8. The molecule has 0 spiro atoms. The van der Waals surface area contributed by atoms with Gasteiger partial charge in [-0.25, -0.2) is 0 Å². The van der Waals surface area contributed by atoms with Gasteiger partial charge in [-0.3, -0.25) is 0 Å². The Hall–Kier alpha value is -1.88. The number of aliphatic hydroxyl groups is 1. The van der Waals surface area contributed by atoms with E-state index in [0.717, 1.165) is 18.7 Å². The van der Waals surface area contributed by atoms with Crippen molar-refractivity contribution in [2.24, 2.45) is 0 Å². The van der Waals surface area contributed by atoms with Gasteiger partial charge in [-0.15, -0.1) is 0 Å². The summed E-state index contributed by atoms with van der Waals surface area (Å²) < 4.78 is 11.3. The number of ether oxygens (including phenoxy) is 2. The number of aliphatic hydroxyl groups excluding tert-OH is 1. The van der Waals surface area contributed by atoms with E-state index in [9.17, 15) is 5.11 Å². The van der Waals surface area contributed by atoms with Crippen molar-refractivity contribution in [3.05, 3.63) is 29.3 Å². The van der Waals surface area contributed by atoms with E-state index >= 15 is 0 Å². The van der Waals surface area contributed by atoms with Crippen molar-refractivity contribution in [2.75, 3.05) is 26.3 Å². The van der Waals surface area contributed by atoms with E-state index in [1.54, 1.807) is 18.2 Å². The Morgan fingerprint density at radius 2 is 2.12 bits per heavy atom. The molecule has 24 heavy (non-hydrogen) atoms. The monoisotopic (exact) mass is 347 g/mol. The summed E-state index contributed by atoms with van der Waals surface area (Å²) in [4.78, 5) is 2.03. The summed E-state index contributed by atoms with van der Waals surface area (Å²) in [7, 11) is 0. The minimum absolute atomic E-state index is 0.438. The van der Waals surface area contributed by atoms with Crippen molar-refractivity contribution >= 4 is 17.3 Å². The van der Waals surface area contributed by atoms with Crippen LogP contribution in [0.4, 0.5) is 0 Å². The zero-order chi connectivity index (χ0) is 17.3. The molecule has 6 nitrogen and oxygen atoms in total. The van der Waals surface area contributed by atoms with Gasteiger partial charge < -0.3 is 24.8 Å². The molecule has 0 radical (unpaired) electrons. The molecule has 3 rings (SSSR count). The number of nitrogens with one attached hydrogen (secondary N) is 1. The van der Waals surface area contributed by atoms with Gasteiger partial charge in [0.15, 0.2) is 5.11 Å². The lowest BCUT2D eigenvalue weighted by atomic mass is 9.86. The molecule has 1 aromatic carbocycles. The fourth-order valence-electron chi connectivity index (χ4n) is 3.02. The predicted molar refractivity (Wildman–Crippen MR) is 92.7 cm³/mol. The summed E-state index contributed by atoms with van der Waals surface area (Å²) >= 11 is 5.52. The van der Waals surface area contributed by atoms with Crippen LogP contribution in [0.3, 0.4) is 0 Å². The number of thiocarbonyl (C=S) groups is 1. The molecule has 0 bridgehead atoms. The second-order valence-corrected chi connectivity index (χ2v) is 6.93. The summed E-state index contributed by atoms with van der Waals surface area (Å²) in [6, 6.07) is 6.92. The largest absolute Gasteiger partial charge is 0.485 e. The molecular formula is C17H21N3O3S. The van der Waals surface area contributed by atoms with E-state index in [-0.39, 0.29) is 0 Å². The lowest BCUT2D eigenvalue weighted by Gasteiger charge is -2.43. The topological polar surface area (TPSA) is 77.8 Å². The van der Waals surface area contributed by atoms with Crippen molar-refractivity contribution in [3.63, 3.8) is 0 Å². The minimum Gasteiger partial charge on any atom is -0.485 e. The molecule has 2 atom stereocenters. The first-order valence-electron chi connectivity index (χ1n) is 7.96. The Kier molecular flexibility index (Phi) is 4.63. The van der Waals surface area contributed by atoms with Gasteiger partial charge in [-0.2, -0.15) is 5.26 Å². The van der Waals surface area contributed by atoms with Crippen molar-refractivity contribution in [1.29, 1.82) is 5.26 Å². The SMILES string of the molecule is CC1(C)Oc2ccc(C#N)cc2C(NC(=S)N2CCOCC2)C1O. The molecule has 1 fully saturated rings. The lowest BCUT2D eigenvalue weighted by Crippen LogP contribution is -2.56. The molecule has 2 N–H and O–H groups in total. The summed E-state index contributed by atoms with van der Waals surface area (Å²) in [6.45, 7) is 6.40. The maximum atomic E-state index is 10.8. The molecule has 0 amide bonds.